The van der Waals surface area contributed by atoms with Gasteiger partial charge in [0.2, 0.25) is 8.32 Å². The van der Waals surface area contributed by atoms with E-state index in [4.69, 9.17) is 9.16 Å². The van der Waals surface area contributed by atoms with E-state index < -0.39 is 13.9 Å². The van der Waals surface area contributed by atoms with Gasteiger partial charge in [0.15, 0.2) is 0 Å². The van der Waals surface area contributed by atoms with Gasteiger partial charge in [0.25, 0.3) is 0 Å². The minimum atomic E-state index is -1.81. The van der Waals surface area contributed by atoms with Crippen LogP contribution in [0.2, 0.25) is 18.1 Å². The number of hydrogen-bond acceptors (Lipinski definition) is 3. The molecule has 142 valence electrons. The van der Waals surface area contributed by atoms with Gasteiger partial charge in [-0.2, -0.15) is 0 Å². The number of alkyl carbamates (subject to hydrolysis) is 1. The van der Waals surface area contributed by atoms with Gasteiger partial charge in [-0.05, 0) is 69.9 Å². The second-order valence-corrected chi connectivity index (χ2v) is 14.0. The van der Waals surface area contributed by atoms with E-state index >= 15 is 0 Å². The van der Waals surface area contributed by atoms with Crippen LogP contribution in [-0.2, 0) is 11.2 Å². The Hall–Kier alpha value is -1.49. The lowest BCUT2D eigenvalue weighted by molar-refractivity contribution is 0.0508. The molecule has 25 heavy (non-hydrogen) atoms. The molecule has 5 heteroatoms. The van der Waals surface area contributed by atoms with Gasteiger partial charge in [-0.25, -0.2) is 4.79 Å². The summed E-state index contributed by atoms with van der Waals surface area (Å²) in [6, 6.07) is 8.18. The van der Waals surface area contributed by atoms with Gasteiger partial charge in [-0.1, -0.05) is 32.9 Å². The van der Waals surface area contributed by atoms with Crippen LogP contribution in [0.1, 0.15) is 54.0 Å². The average molecular weight is 366 g/mol. The zero-order valence-corrected chi connectivity index (χ0v) is 18.3. The van der Waals surface area contributed by atoms with Crippen LogP contribution in [0.4, 0.5) is 4.79 Å². The Morgan fingerprint density at radius 2 is 1.60 bits per heavy atom. The highest BCUT2D eigenvalue weighted by Gasteiger charge is 2.38. The molecule has 0 aromatic heterocycles. The Labute approximate surface area is 154 Å². The molecule has 4 nitrogen and oxygen atoms in total. The van der Waals surface area contributed by atoms with Crippen LogP contribution in [0.25, 0.3) is 0 Å². The fraction of sp³-hybridized carbons (Fsp3) is 0.650. The average Bonchev–Trinajstić information content (AvgIpc) is 2.36. The van der Waals surface area contributed by atoms with Crippen LogP contribution in [-0.4, -0.2) is 26.1 Å². The van der Waals surface area contributed by atoms with E-state index in [0.29, 0.717) is 0 Å². The van der Waals surface area contributed by atoms with E-state index in [-0.39, 0.29) is 17.2 Å². The third-order valence-corrected chi connectivity index (χ3v) is 8.77. The van der Waals surface area contributed by atoms with Crippen LogP contribution < -0.4 is 9.74 Å². The predicted octanol–water partition coefficient (Wildman–Crippen LogP) is 5.53. The lowest BCUT2D eigenvalue weighted by atomic mass is 10.1. The normalized spacial score (nSPS) is 14.0. The van der Waals surface area contributed by atoms with Crippen LogP contribution in [0, 0.1) is 0 Å². The minimum Gasteiger partial charge on any atom is -0.544 e. The van der Waals surface area contributed by atoms with Crippen LogP contribution in [0.15, 0.2) is 24.3 Å². The monoisotopic (exact) mass is 365 g/mol. The quantitative estimate of drug-likeness (QED) is 0.698. The maximum atomic E-state index is 11.8. The van der Waals surface area contributed by atoms with Gasteiger partial charge < -0.3 is 14.5 Å². The second kappa shape index (κ2) is 7.81. The molecule has 1 aromatic carbocycles. The third-order valence-electron chi connectivity index (χ3n) is 4.41. The van der Waals surface area contributed by atoms with Crippen molar-refractivity contribution in [2.75, 3.05) is 0 Å². The topological polar surface area (TPSA) is 47.6 Å². The molecule has 0 spiro atoms. The van der Waals surface area contributed by atoms with Crippen molar-refractivity contribution in [3.05, 3.63) is 29.8 Å². The van der Waals surface area contributed by atoms with Crippen molar-refractivity contribution < 1.29 is 14.0 Å². The molecule has 0 bridgehead atoms. The summed E-state index contributed by atoms with van der Waals surface area (Å²) in [6.45, 7) is 18.7. The summed E-state index contributed by atoms with van der Waals surface area (Å²) in [7, 11) is -1.81. The first-order chi connectivity index (χ1) is 11.2. The molecule has 0 aliphatic carbocycles. The van der Waals surface area contributed by atoms with Gasteiger partial charge >= 0.3 is 6.09 Å². The summed E-state index contributed by atoms with van der Waals surface area (Å²) in [6.07, 6.45) is 0.373. The fourth-order valence-electron chi connectivity index (χ4n) is 2.05. The number of carbonyl (C=O) groups excluding carboxylic acids is 1. The molecule has 0 heterocycles. The number of amides is 1. The zero-order valence-electron chi connectivity index (χ0n) is 17.3. The van der Waals surface area contributed by atoms with Crippen molar-refractivity contribution in [2.45, 2.75) is 84.7 Å². The smallest absolute Gasteiger partial charge is 0.407 e. The number of rotatable bonds is 5. The van der Waals surface area contributed by atoms with E-state index in [2.05, 4.69) is 51.3 Å². The maximum Gasteiger partial charge on any atom is 0.407 e. The first kappa shape index (κ1) is 21.5. The molecule has 0 saturated heterocycles. The van der Waals surface area contributed by atoms with Crippen LogP contribution in [0.3, 0.4) is 0 Å². The van der Waals surface area contributed by atoms with E-state index in [1.165, 1.54) is 0 Å². The van der Waals surface area contributed by atoms with Gasteiger partial charge in [0, 0.05) is 6.04 Å². The Kier molecular flexibility index (Phi) is 6.73. The van der Waals surface area contributed by atoms with Crippen LogP contribution in [0.5, 0.6) is 5.75 Å². The van der Waals surface area contributed by atoms with Crippen molar-refractivity contribution in [3.63, 3.8) is 0 Å². The van der Waals surface area contributed by atoms with E-state index in [9.17, 15) is 4.79 Å². The van der Waals surface area contributed by atoms with Gasteiger partial charge in [0.1, 0.15) is 11.4 Å². The Morgan fingerprint density at radius 1 is 1.08 bits per heavy atom. The number of hydrogen-bond donors (Lipinski definition) is 1. The van der Waals surface area contributed by atoms with Gasteiger partial charge in [-0.3, -0.25) is 0 Å². The SMILES string of the molecule is CC(Cc1ccc(O[Si](C)(C)C(C)(C)C)cc1)NC(=O)OC(C)(C)C. The second-order valence-electron chi connectivity index (χ2n) is 9.26. The Morgan fingerprint density at radius 3 is 2.04 bits per heavy atom. The molecule has 0 radical (unpaired) electrons. The molecular formula is C20H35NO3Si. The molecule has 1 rings (SSSR count). The molecule has 0 aliphatic rings. The Balaban J connectivity index is 2.61. The summed E-state index contributed by atoms with van der Waals surface area (Å²) >= 11 is 0. The molecule has 0 fully saturated rings. The minimum absolute atomic E-state index is 0.00186. The number of ether oxygens (including phenoxy) is 1. The van der Waals surface area contributed by atoms with Gasteiger partial charge in [-0.15, -0.1) is 0 Å². The standard InChI is InChI=1S/C20H35NO3Si/c1-15(21-18(22)23-19(2,3)4)14-16-10-12-17(13-11-16)24-25(8,9)20(5,6)7/h10-13,15H,14H2,1-9H3,(H,21,22). The Bertz CT molecular complexity index is 568. The largest absolute Gasteiger partial charge is 0.544 e. The first-order valence-electron chi connectivity index (χ1n) is 8.97. The summed E-state index contributed by atoms with van der Waals surface area (Å²) in [4.78, 5) is 11.8. The lowest BCUT2D eigenvalue weighted by Gasteiger charge is -2.36. The molecule has 1 amide bonds. The van der Waals surface area contributed by atoms with Crippen molar-refractivity contribution >= 4 is 14.4 Å². The summed E-state index contributed by atoms with van der Waals surface area (Å²) in [5, 5.41) is 3.05. The molecule has 1 atom stereocenters. The van der Waals surface area contributed by atoms with Crippen molar-refractivity contribution in [3.8, 4) is 5.75 Å². The lowest BCUT2D eigenvalue weighted by Crippen LogP contribution is -2.43. The molecule has 1 unspecified atom stereocenters. The first-order valence-corrected chi connectivity index (χ1v) is 11.9. The highest BCUT2D eigenvalue weighted by atomic mass is 28.4. The van der Waals surface area contributed by atoms with E-state index in [1.807, 2.05) is 39.8 Å². The van der Waals surface area contributed by atoms with E-state index in [0.717, 1.165) is 17.7 Å². The summed E-state index contributed by atoms with van der Waals surface area (Å²) < 4.78 is 11.6. The number of benzene rings is 1. The van der Waals surface area contributed by atoms with E-state index in [1.54, 1.807) is 0 Å². The fourth-order valence-corrected chi connectivity index (χ4v) is 3.09. The summed E-state index contributed by atoms with van der Waals surface area (Å²) in [5.41, 5.74) is 0.679. The van der Waals surface area contributed by atoms with Crippen molar-refractivity contribution in [1.82, 2.24) is 5.32 Å². The number of nitrogens with one attached hydrogen (secondary N) is 1. The molecule has 0 saturated carbocycles. The molecule has 0 aliphatic heterocycles. The van der Waals surface area contributed by atoms with Gasteiger partial charge in [0.05, 0.1) is 0 Å². The summed E-state index contributed by atoms with van der Waals surface area (Å²) in [5.74, 6) is 0.920. The number of carbonyl (C=O) groups is 1. The van der Waals surface area contributed by atoms with Crippen LogP contribution >= 0.6 is 0 Å². The van der Waals surface area contributed by atoms with Crippen molar-refractivity contribution in [1.29, 1.82) is 0 Å². The molecule has 1 N–H and O–H groups in total. The highest BCUT2D eigenvalue weighted by Crippen LogP contribution is 2.37. The molecule has 1 aromatic rings. The van der Waals surface area contributed by atoms with Crippen molar-refractivity contribution in [2.24, 2.45) is 0 Å². The third kappa shape index (κ3) is 7.51. The zero-order chi connectivity index (χ0) is 19.5. The molecular weight excluding hydrogens is 330 g/mol. The predicted molar refractivity (Wildman–Crippen MR) is 107 cm³/mol. The highest BCUT2D eigenvalue weighted by molar-refractivity contribution is 6.74. The maximum absolute atomic E-state index is 11.8.